The highest BCUT2D eigenvalue weighted by Crippen LogP contribution is 2.26. The first-order chi connectivity index (χ1) is 8.22. The van der Waals surface area contributed by atoms with E-state index in [1.807, 2.05) is 12.1 Å². The van der Waals surface area contributed by atoms with E-state index in [-0.39, 0.29) is 0 Å². The van der Waals surface area contributed by atoms with Crippen LogP contribution in [0.2, 0.25) is 0 Å². The molecule has 90 valence electrons. The minimum absolute atomic E-state index is 0.383. The first-order valence-corrected chi connectivity index (χ1v) is 5.89. The topological polar surface area (TPSA) is 69.6 Å². The Morgan fingerprint density at radius 2 is 2.24 bits per heavy atom. The molecule has 0 aliphatic heterocycles. The number of hydrogen-bond acceptors (Lipinski definition) is 4. The molecule has 1 aromatic heterocycles. The average molecular weight is 300 g/mol. The van der Waals surface area contributed by atoms with Crippen molar-refractivity contribution in [2.45, 2.75) is 13.0 Å². The van der Waals surface area contributed by atoms with Gasteiger partial charge < -0.3 is 5.73 Å². The molecule has 0 aliphatic carbocycles. The Labute approximate surface area is 106 Å². The van der Waals surface area contributed by atoms with Gasteiger partial charge in [0.1, 0.15) is 0 Å². The first kappa shape index (κ1) is 12.0. The van der Waals surface area contributed by atoms with Crippen LogP contribution in [-0.2, 0) is 6.54 Å². The van der Waals surface area contributed by atoms with Crippen molar-refractivity contribution in [3.63, 3.8) is 0 Å². The summed E-state index contributed by atoms with van der Waals surface area (Å²) in [7, 11) is 0. The SMILES string of the molecule is Nc1cc(Br)ccc1-c1nnnn1CCCF. The van der Waals surface area contributed by atoms with E-state index in [4.69, 9.17) is 5.73 Å². The predicted molar refractivity (Wildman–Crippen MR) is 66.0 cm³/mol. The number of tetrazole rings is 1. The lowest BCUT2D eigenvalue weighted by molar-refractivity contribution is 0.432. The summed E-state index contributed by atoms with van der Waals surface area (Å²) in [5.41, 5.74) is 7.22. The van der Waals surface area contributed by atoms with Crippen LogP contribution in [0.1, 0.15) is 6.42 Å². The van der Waals surface area contributed by atoms with Crippen molar-refractivity contribution in [1.82, 2.24) is 20.2 Å². The van der Waals surface area contributed by atoms with Crippen molar-refractivity contribution in [3.05, 3.63) is 22.7 Å². The monoisotopic (exact) mass is 299 g/mol. The van der Waals surface area contributed by atoms with Crippen molar-refractivity contribution in [1.29, 1.82) is 0 Å². The number of nitrogen functional groups attached to an aromatic ring is 1. The summed E-state index contributed by atoms with van der Waals surface area (Å²) < 4.78 is 14.6. The van der Waals surface area contributed by atoms with Gasteiger partial charge in [0.15, 0.2) is 5.82 Å². The molecule has 0 fully saturated rings. The summed E-state index contributed by atoms with van der Waals surface area (Å²) in [6.07, 6.45) is 0.383. The van der Waals surface area contributed by atoms with Crippen LogP contribution in [0.15, 0.2) is 22.7 Å². The predicted octanol–water partition coefficient (Wildman–Crippen LogP) is 2.04. The van der Waals surface area contributed by atoms with Crippen molar-refractivity contribution < 1.29 is 4.39 Å². The van der Waals surface area contributed by atoms with Gasteiger partial charge in [0, 0.05) is 22.3 Å². The van der Waals surface area contributed by atoms with Gasteiger partial charge in [0.05, 0.1) is 6.67 Å². The Balaban J connectivity index is 2.35. The molecule has 0 saturated heterocycles. The molecule has 0 spiro atoms. The van der Waals surface area contributed by atoms with E-state index in [0.29, 0.717) is 24.5 Å². The first-order valence-electron chi connectivity index (χ1n) is 5.10. The van der Waals surface area contributed by atoms with E-state index in [9.17, 15) is 4.39 Å². The summed E-state index contributed by atoms with van der Waals surface area (Å²) in [5, 5.41) is 11.3. The van der Waals surface area contributed by atoms with E-state index < -0.39 is 6.67 Å². The van der Waals surface area contributed by atoms with Gasteiger partial charge in [-0.1, -0.05) is 15.9 Å². The Morgan fingerprint density at radius 1 is 1.41 bits per heavy atom. The molecule has 2 N–H and O–H groups in total. The molecule has 2 rings (SSSR count). The van der Waals surface area contributed by atoms with Crippen LogP contribution in [0.4, 0.5) is 10.1 Å². The molecular formula is C10H11BrFN5. The molecule has 0 aliphatic rings. The molecular weight excluding hydrogens is 289 g/mol. The summed E-state index contributed by atoms with van der Waals surface area (Å²) in [6, 6.07) is 5.47. The third-order valence-electron chi connectivity index (χ3n) is 2.29. The van der Waals surface area contributed by atoms with Gasteiger partial charge in [0.25, 0.3) is 0 Å². The van der Waals surface area contributed by atoms with Gasteiger partial charge in [0.2, 0.25) is 0 Å². The number of benzene rings is 1. The number of nitrogens with zero attached hydrogens (tertiary/aromatic N) is 4. The quantitative estimate of drug-likeness (QED) is 0.877. The van der Waals surface area contributed by atoms with Crippen LogP contribution in [0.25, 0.3) is 11.4 Å². The highest BCUT2D eigenvalue weighted by Gasteiger charge is 2.11. The third kappa shape index (κ3) is 2.60. The smallest absolute Gasteiger partial charge is 0.184 e. The standard InChI is InChI=1S/C10H11BrFN5/c11-7-2-3-8(9(13)6-7)10-14-15-16-17(10)5-1-4-12/h2-3,6H,1,4-5,13H2. The normalized spacial score (nSPS) is 10.7. The molecule has 7 heteroatoms. The fraction of sp³-hybridized carbons (Fsp3) is 0.300. The molecule has 1 heterocycles. The lowest BCUT2D eigenvalue weighted by Gasteiger charge is -2.06. The average Bonchev–Trinajstić information content (AvgIpc) is 2.74. The number of aryl methyl sites for hydroxylation is 1. The number of hydrogen-bond donors (Lipinski definition) is 1. The van der Waals surface area contributed by atoms with Gasteiger partial charge in [-0.25, -0.2) is 4.68 Å². The Morgan fingerprint density at radius 3 is 2.94 bits per heavy atom. The molecule has 5 nitrogen and oxygen atoms in total. The second kappa shape index (κ2) is 5.22. The minimum atomic E-state index is -0.394. The second-order valence-electron chi connectivity index (χ2n) is 3.50. The molecule has 0 radical (unpaired) electrons. The van der Waals surface area contributed by atoms with Gasteiger partial charge in [-0.2, -0.15) is 0 Å². The Hall–Kier alpha value is -1.50. The van der Waals surface area contributed by atoms with Crippen LogP contribution >= 0.6 is 15.9 Å². The zero-order valence-corrected chi connectivity index (χ0v) is 10.6. The lowest BCUT2D eigenvalue weighted by atomic mass is 10.1. The summed E-state index contributed by atoms with van der Waals surface area (Å²) in [5.74, 6) is 0.559. The highest BCUT2D eigenvalue weighted by atomic mass is 79.9. The molecule has 0 atom stereocenters. The number of rotatable bonds is 4. The van der Waals surface area contributed by atoms with Crippen LogP contribution < -0.4 is 5.73 Å². The summed E-state index contributed by atoms with van der Waals surface area (Å²) in [4.78, 5) is 0. The zero-order valence-electron chi connectivity index (χ0n) is 8.98. The molecule has 0 saturated carbocycles. The highest BCUT2D eigenvalue weighted by molar-refractivity contribution is 9.10. The van der Waals surface area contributed by atoms with Crippen molar-refractivity contribution >= 4 is 21.6 Å². The number of halogens is 2. The van der Waals surface area contributed by atoms with Gasteiger partial charge in [-0.15, -0.1) is 5.10 Å². The van der Waals surface area contributed by atoms with Crippen LogP contribution in [-0.4, -0.2) is 26.9 Å². The van der Waals surface area contributed by atoms with Crippen molar-refractivity contribution in [2.75, 3.05) is 12.4 Å². The lowest BCUT2D eigenvalue weighted by Crippen LogP contribution is -2.05. The number of nitrogens with two attached hydrogens (primary N) is 1. The maximum Gasteiger partial charge on any atom is 0.184 e. The van der Waals surface area contributed by atoms with Crippen molar-refractivity contribution in [3.8, 4) is 11.4 Å². The van der Waals surface area contributed by atoms with E-state index in [0.717, 1.165) is 10.0 Å². The van der Waals surface area contributed by atoms with Gasteiger partial charge in [-0.05, 0) is 35.0 Å². The Bertz CT molecular complexity index is 513. The maximum absolute atomic E-state index is 12.1. The third-order valence-corrected chi connectivity index (χ3v) is 2.78. The molecule has 2 aromatic rings. The van der Waals surface area contributed by atoms with E-state index in [2.05, 4.69) is 31.5 Å². The fourth-order valence-corrected chi connectivity index (χ4v) is 1.87. The van der Waals surface area contributed by atoms with E-state index in [1.54, 1.807) is 10.7 Å². The zero-order chi connectivity index (χ0) is 12.3. The van der Waals surface area contributed by atoms with Crippen LogP contribution in [0, 0.1) is 0 Å². The molecule has 17 heavy (non-hydrogen) atoms. The largest absolute Gasteiger partial charge is 0.398 e. The van der Waals surface area contributed by atoms with Crippen LogP contribution in [0.5, 0.6) is 0 Å². The maximum atomic E-state index is 12.1. The second-order valence-corrected chi connectivity index (χ2v) is 4.42. The van der Waals surface area contributed by atoms with Crippen molar-refractivity contribution in [2.24, 2.45) is 0 Å². The number of anilines is 1. The number of alkyl halides is 1. The van der Waals surface area contributed by atoms with Gasteiger partial charge in [-0.3, -0.25) is 4.39 Å². The minimum Gasteiger partial charge on any atom is -0.398 e. The summed E-state index contributed by atoms with van der Waals surface area (Å²) in [6.45, 7) is 0.0451. The molecule has 0 amide bonds. The number of aromatic nitrogens is 4. The Kier molecular flexibility index (Phi) is 3.68. The van der Waals surface area contributed by atoms with Crippen LogP contribution in [0.3, 0.4) is 0 Å². The van der Waals surface area contributed by atoms with E-state index in [1.165, 1.54) is 0 Å². The fourth-order valence-electron chi connectivity index (χ4n) is 1.49. The molecule has 0 bridgehead atoms. The van der Waals surface area contributed by atoms with Gasteiger partial charge >= 0.3 is 0 Å². The van der Waals surface area contributed by atoms with E-state index >= 15 is 0 Å². The molecule has 0 unspecified atom stereocenters. The summed E-state index contributed by atoms with van der Waals surface area (Å²) >= 11 is 3.33. The molecule has 1 aromatic carbocycles.